The molecule has 8 nitrogen and oxygen atoms in total. The highest BCUT2D eigenvalue weighted by Crippen LogP contribution is 2.32. The summed E-state index contributed by atoms with van der Waals surface area (Å²) in [5.74, 6) is 0.873. The van der Waals surface area contributed by atoms with E-state index in [0.29, 0.717) is 29.5 Å². The number of rotatable bonds is 7. The Morgan fingerprint density at radius 1 is 1.20 bits per heavy atom. The first-order chi connectivity index (χ1) is 14.7. The van der Waals surface area contributed by atoms with Crippen LogP contribution in [0.15, 0.2) is 59.8 Å². The van der Waals surface area contributed by atoms with Gasteiger partial charge in [-0.1, -0.05) is 18.2 Å². The van der Waals surface area contributed by atoms with Gasteiger partial charge in [-0.2, -0.15) is 10.2 Å². The van der Waals surface area contributed by atoms with Crippen LogP contribution in [0.4, 0.5) is 0 Å². The normalized spacial score (nSPS) is 11.1. The lowest BCUT2D eigenvalue weighted by molar-refractivity contribution is 0.0950. The molecule has 1 amide bonds. The molecule has 2 aromatic heterocycles. The molecule has 4 aromatic rings. The summed E-state index contributed by atoms with van der Waals surface area (Å²) in [7, 11) is 1.58. The number of nitrogens with one attached hydrogen (secondary N) is 3. The van der Waals surface area contributed by atoms with Crippen LogP contribution in [0, 0.1) is 0 Å². The van der Waals surface area contributed by atoms with E-state index in [2.05, 4.69) is 25.7 Å². The molecule has 0 atom stereocenters. The number of amides is 1. The fourth-order valence-corrected chi connectivity index (χ4v) is 3.11. The van der Waals surface area contributed by atoms with Crippen LogP contribution in [0.25, 0.3) is 22.2 Å². The quantitative estimate of drug-likeness (QED) is 0.323. The van der Waals surface area contributed by atoms with Crippen LogP contribution in [0.1, 0.15) is 23.0 Å². The van der Waals surface area contributed by atoms with Crippen molar-refractivity contribution < 1.29 is 14.3 Å². The van der Waals surface area contributed by atoms with Crippen molar-refractivity contribution in [3.63, 3.8) is 0 Å². The van der Waals surface area contributed by atoms with E-state index in [0.717, 1.165) is 22.0 Å². The summed E-state index contributed by atoms with van der Waals surface area (Å²) < 4.78 is 10.9. The van der Waals surface area contributed by atoms with Crippen molar-refractivity contribution >= 4 is 23.0 Å². The minimum atomic E-state index is -0.386. The SMILES string of the molecule is CCOc1ccc(-c2cc(C(=O)N/N=C/c3c[nH]c4ccccc34)[nH]n2)cc1OC. The average molecular weight is 403 g/mol. The summed E-state index contributed by atoms with van der Waals surface area (Å²) >= 11 is 0. The molecule has 0 saturated heterocycles. The van der Waals surface area contributed by atoms with Gasteiger partial charge in [-0.05, 0) is 37.3 Å². The molecule has 8 heteroatoms. The first-order valence-electron chi connectivity index (χ1n) is 9.45. The van der Waals surface area contributed by atoms with Gasteiger partial charge in [-0.15, -0.1) is 0 Å². The third kappa shape index (κ3) is 3.88. The number of hydrogen-bond donors (Lipinski definition) is 3. The maximum Gasteiger partial charge on any atom is 0.289 e. The maximum absolute atomic E-state index is 12.4. The summed E-state index contributed by atoms with van der Waals surface area (Å²) in [6, 6.07) is 15.0. The van der Waals surface area contributed by atoms with E-state index < -0.39 is 0 Å². The molecule has 0 fully saturated rings. The van der Waals surface area contributed by atoms with Crippen LogP contribution in [-0.2, 0) is 0 Å². The van der Waals surface area contributed by atoms with Crippen LogP contribution < -0.4 is 14.9 Å². The summed E-state index contributed by atoms with van der Waals surface area (Å²) in [5, 5.41) is 12.0. The van der Waals surface area contributed by atoms with Crippen LogP contribution >= 0.6 is 0 Å². The smallest absolute Gasteiger partial charge is 0.289 e. The fraction of sp³-hybridized carbons (Fsp3) is 0.136. The number of aromatic nitrogens is 3. The highest BCUT2D eigenvalue weighted by molar-refractivity contribution is 6.00. The molecule has 0 aliphatic carbocycles. The number of methoxy groups -OCH3 is 1. The van der Waals surface area contributed by atoms with Gasteiger partial charge in [-0.3, -0.25) is 9.89 Å². The van der Waals surface area contributed by atoms with E-state index in [1.165, 1.54) is 0 Å². The third-order valence-corrected chi connectivity index (χ3v) is 4.57. The molecule has 30 heavy (non-hydrogen) atoms. The molecular formula is C22H21N5O3. The number of fused-ring (bicyclic) bond motifs is 1. The van der Waals surface area contributed by atoms with Crippen molar-refractivity contribution in [1.82, 2.24) is 20.6 Å². The second-order valence-corrected chi connectivity index (χ2v) is 6.45. The molecular weight excluding hydrogens is 382 g/mol. The predicted molar refractivity (Wildman–Crippen MR) is 115 cm³/mol. The Kier molecular flexibility index (Phi) is 5.47. The molecule has 4 rings (SSSR count). The summed E-state index contributed by atoms with van der Waals surface area (Å²) in [6.45, 7) is 2.45. The average Bonchev–Trinajstić information content (AvgIpc) is 3.42. The van der Waals surface area contributed by atoms with Gasteiger partial charge in [0.1, 0.15) is 5.69 Å². The van der Waals surface area contributed by atoms with Gasteiger partial charge in [0.25, 0.3) is 5.91 Å². The largest absolute Gasteiger partial charge is 0.493 e. The number of hydrogen-bond acceptors (Lipinski definition) is 5. The highest BCUT2D eigenvalue weighted by Gasteiger charge is 2.13. The van der Waals surface area contributed by atoms with Crippen LogP contribution in [0.2, 0.25) is 0 Å². The number of carbonyl (C=O) groups excluding carboxylic acids is 1. The fourth-order valence-electron chi connectivity index (χ4n) is 3.11. The zero-order valence-corrected chi connectivity index (χ0v) is 16.6. The second-order valence-electron chi connectivity index (χ2n) is 6.45. The Labute approximate surface area is 172 Å². The van der Waals surface area contributed by atoms with E-state index in [9.17, 15) is 4.79 Å². The third-order valence-electron chi connectivity index (χ3n) is 4.57. The van der Waals surface area contributed by atoms with E-state index >= 15 is 0 Å². The minimum Gasteiger partial charge on any atom is -0.493 e. The Morgan fingerprint density at radius 2 is 2.07 bits per heavy atom. The number of hydrazone groups is 1. The molecule has 2 heterocycles. The number of aromatic amines is 2. The summed E-state index contributed by atoms with van der Waals surface area (Å²) in [5.41, 5.74) is 6.12. The second kappa shape index (κ2) is 8.52. The molecule has 0 saturated carbocycles. The molecule has 2 aromatic carbocycles. The zero-order valence-electron chi connectivity index (χ0n) is 16.6. The van der Waals surface area contributed by atoms with E-state index in [1.807, 2.05) is 55.6 Å². The van der Waals surface area contributed by atoms with Gasteiger partial charge in [0.05, 0.1) is 25.6 Å². The predicted octanol–water partition coefficient (Wildman–Crippen LogP) is 3.73. The monoisotopic (exact) mass is 403 g/mol. The first-order valence-corrected chi connectivity index (χ1v) is 9.45. The number of benzene rings is 2. The Hall–Kier alpha value is -4.07. The molecule has 0 radical (unpaired) electrons. The number of ether oxygens (including phenoxy) is 2. The molecule has 3 N–H and O–H groups in total. The molecule has 0 bridgehead atoms. The Balaban J connectivity index is 1.46. The van der Waals surface area contributed by atoms with Gasteiger partial charge in [0.15, 0.2) is 11.5 Å². The lowest BCUT2D eigenvalue weighted by Gasteiger charge is -2.09. The van der Waals surface area contributed by atoms with Gasteiger partial charge in [0.2, 0.25) is 0 Å². The van der Waals surface area contributed by atoms with Gasteiger partial charge in [-0.25, -0.2) is 5.43 Å². The van der Waals surface area contributed by atoms with Crippen LogP contribution in [0.5, 0.6) is 11.5 Å². The molecule has 0 unspecified atom stereocenters. The molecule has 0 aliphatic rings. The lowest BCUT2D eigenvalue weighted by Crippen LogP contribution is -2.17. The van der Waals surface area contributed by atoms with E-state index in [-0.39, 0.29) is 5.91 Å². The highest BCUT2D eigenvalue weighted by atomic mass is 16.5. The molecule has 0 spiro atoms. The van der Waals surface area contributed by atoms with E-state index in [1.54, 1.807) is 19.4 Å². The van der Waals surface area contributed by atoms with Gasteiger partial charge >= 0.3 is 0 Å². The standard InChI is InChI=1S/C22H21N5O3/c1-3-30-20-9-8-14(10-21(20)29-2)18-11-19(26-25-18)22(28)27-24-13-15-12-23-17-7-5-4-6-16(15)17/h4-13,23H,3H2,1-2H3,(H,25,26)(H,27,28)/b24-13+. The van der Waals surface area contributed by atoms with Crippen molar-refractivity contribution in [3.8, 4) is 22.8 Å². The summed E-state index contributed by atoms with van der Waals surface area (Å²) in [4.78, 5) is 15.6. The number of para-hydroxylation sites is 1. The van der Waals surface area contributed by atoms with Crippen molar-refractivity contribution in [3.05, 3.63) is 66.0 Å². The topological polar surface area (TPSA) is 104 Å². The van der Waals surface area contributed by atoms with Gasteiger partial charge in [0, 0.05) is 28.2 Å². The lowest BCUT2D eigenvalue weighted by atomic mass is 10.1. The minimum absolute atomic E-state index is 0.300. The molecule has 0 aliphatic heterocycles. The first kappa shape index (κ1) is 19.3. The van der Waals surface area contributed by atoms with Crippen LogP contribution in [-0.4, -0.2) is 41.0 Å². The van der Waals surface area contributed by atoms with Crippen molar-refractivity contribution in [2.24, 2.45) is 5.10 Å². The number of H-pyrrole nitrogens is 2. The van der Waals surface area contributed by atoms with Gasteiger partial charge < -0.3 is 14.5 Å². The van der Waals surface area contributed by atoms with Crippen LogP contribution in [0.3, 0.4) is 0 Å². The number of nitrogens with zero attached hydrogens (tertiary/aromatic N) is 2. The van der Waals surface area contributed by atoms with Crippen molar-refractivity contribution in [2.45, 2.75) is 6.92 Å². The van der Waals surface area contributed by atoms with Crippen molar-refractivity contribution in [2.75, 3.05) is 13.7 Å². The summed E-state index contributed by atoms with van der Waals surface area (Å²) in [6.07, 6.45) is 3.44. The number of carbonyl (C=O) groups is 1. The van der Waals surface area contributed by atoms with Crippen molar-refractivity contribution in [1.29, 1.82) is 0 Å². The molecule has 152 valence electrons. The Bertz CT molecular complexity index is 1210. The Morgan fingerprint density at radius 3 is 2.90 bits per heavy atom. The maximum atomic E-state index is 12.4. The zero-order chi connectivity index (χ0) is 20.9. The van der Waals surface area contributed by atoms with E-state index in [4.69, 9.17) is 9.47 Å².